The van der Waals surface area contributed by atoms with Crippen molar-refractivity contribution in [3.63, 3.8) is 0 Å². The molecule has 0 saturated carbocycles. The molecule has 196 valence electrons. The monoisotopic (exact) mass is 529 g/mol. The van der Waals surface area contributed by atoms with Gasteiger partial charge in [-0.3, -0.25) is 9.69 Å². The summed E-state index contributed by atoms with van der Waals surface area (Å²) >= 11 is 0. The molecule has 1 fully saturated rings. The van der Waals surface area contributed by atoms with Gasteiger partial charge in [0.2, 0.25) is 0 Å². The highest BCUT2D eigenvalue weighted by atomic mass is 35.5. The zero-order valence-corrected chi connectivity index (χ0v) is 20.4. The van der Waals surface area contributed by atoms with Gasteiger partial charge in [0.15, 0.2) is 6.61 Å². The van der Waals surface area contributed by atoms with Gasteiger partial charge in [-0.05, 0) is 43.7 Å². The molecule has 0 aliphatic carbocycles. The molecule has 0 atom stereocenters. The standard InChI is InChI=1S/C24H27F4N5O2.ClH/c25-18-8-9-22(35-17-24(26,27)28)21(16-18)32-14-12-31(13-15-32)10-4-1-5-11-33-23(34)19-6-2-3-7-20(19)29-30-33;/h2-3,6-9,16H,1,4-5,10-15,17H2;1H. The highest BCUT2D eigenvalue weighted by Crippen LogP contribution is 2.31. The lowest BCUT2D eigenvalue weighted by atomic mass is 10.2. The Bertz CT molecular complexity index is 1200. The van der Waals surface area contributed by atoms with Crippen LogP contribution in [0.15, 0.2) is 47.3 Å². The van der Waals surface area contributed by atoms with E-state index < -0.39 is 18.6 Å². The normalized spacial score (nSPS) is 14.6. The molecular formula is C24H28ClF4N5O2. The molecule has 4 rings (SSSR count). The van der Waals surface area contributed by atoms with Gasteiger partial charge >= 0.3 is 6.18 Å². The Morgan fingerprint density at radius 3 is 2.42 bits per heavy atom. The van der Waals surface area contributed by atoms with Crippen molar-refractivity contribution in [1.29, 1.82) is 0 Å². The number of halogens is 5. The van der Waals surface area contributed by atoms with E-state index in [-0.39, 0.29) is 23.7 Å². The molecule has 0 unspecified atom stereocenters. The second kappa shape index (κ2) is 12.4. The molecule has 7 nitrogen and oxygen atoms in total. The minimum atomic E-state index is -4.46. The number of alkyl halides is 3. The summed E-state index contributed by atoms with van der Waals surface area (Å²) in [5, 5.41) is 8.66. The number of anilines is 1. The molecule has 0 N–H and O–H groups in total. The predicted molar refractivity (Wildman–Crippen MR) is 132 cm³/mol. The van der Waals surface area contributed by atoms with Crippen molar-refractivity contribution < 1.29 is 22.3 Å². The van der Waals surface area contributed by atoms with E-state index >= 15 is 0 Å². The zero-order valence-electron chi connectivity index (χ0n) is 19.6. The quantitative estimate of drug-likeness (QED) is 0.304. The summed E-state index contributed by atoms with van der Waals surface area (Å²) in [7, 11) is 0. The Balaban J connectivity index is 0.00000361. The number of unbranched alkanes of at least 4 members (excludes halogenated alkanes) is 2. The van der Waals surface area contributed by atoms with Crippen molar-refractivity contribution in [2.75, 3.05) is 44.2 Å². The van der Waals surface area contributed by atoms with Crippen LogP contribution in [0.5, 0.6) is 5.75 Å². The predicted octanol–water partition coefficient (Wildman–Crippen LogP) is 4.29. The van der Waals surface area contributed by atoms with Crippen LogP contribution in [-0.2, 0) is 6.54 Å². The number of piperazine rings is 1. The smallest absolute Gasteiger partial charge is 0.422 e. The number of aromatic nitrogens is 3. The molecule has 0 radical (unpaired) electrons. The van der Waals surface area contributed by atoms with E-state index in [2.05, 4.69) is 15.2 Å². The van der Waals surface area contributed by atoms with Crippen LogP contribution in [0.3, 0.4) is 0 Å². The SMILES string of the molecule is Cl.O=c1c2ccccc2nnn1CCCCCN1CCN(c2cc(F)ccc2OCC(F)(F)F)CC1. The lowest BCUT2D eigenvalue weighted by molar-refractivity contribution is -0.153. The Hall–Kier alpha value is -2.92. The van der Waals surface area contributed by atoms with Crippen LogP contribution in [0, 0.1) is 5.82 Å². The van der Waals surface area contributed by atoms with E-state index in [9.17, 15) is 22.4 Å². The first-order valence-electron chi connectivity index (χ1n) is 11.6. The molecule has 2 heterocycles. The Labute approximate surface area is 212 Å². The summed E-state index contributed by atoms with van der Waals surface area (Å²) in [6, 6.07) is 10.7. The second-order valence-corrected chi connectivity index (χ2v) is 8.54. The molecule has 1 aromatic heterocycles. The molecule has 2 aromatic carbocycles. The maximum absolute atomic E-state index is 13.8. The first-order valence-corrected chi connectivity index (χ1v) is 11.6. The molecule has 1 aliphatic heterocycles. The summed E-state index contributed by atoms with van der Waals surface area (Å²) in [5.41, 5.74) is 0.795. The van der Waals surface area contributed by atoms with Crippen molar-refractivity contribution in [2.45, 2.75) is 32.0 Å². The largest absolute Gasteiger partial charge is 0.482 e. The fourth-order valence-corrected chi connectivity index (χ4v) is 4.18. The molecule has 1 aliphatic rings. The van der Waals surface area contributed by atoms with Crippen LogP contribution in [0.2, 0.25) is 0 Å². The van der Waals surface area contributed by atoms with Crippen molar-refractivity contribution in [1.82, 2.24) is 19.9 Å². The van der Waals surface area contributed by atoms with Gasteiger partial charge in [-0.2, -0.15) is 13.2 Å². The Morgan fingerprint density at radius 2 is 1.67 bits per heavy atom. The average molecular weight is 530 g/mol. The lowest BCUT2D eigenvalue weighted by Crippen LogP contribution is -2.46. The maximum Gasteiger partial charge on any atom is 0.422 e. The van der Waals surface area contributed by atoms with Gasteiger partial charge in [-0.15, -0.1) is 17.5 Å². The average Bonchev–Trinajstić information content (AvgIpc) is 2.84. The second-order valence-electron chi connectivity index (χ2n) is 8.54. The van der Waals surface area contributed by atoms with Crippen LogP contribution >= 0.6 is 12.4 Å². The molecule has 1 saturated heterocycles. The third-order valence-electron chi connectivity index (χ3n) is 6.00. The fraction of sp³-hybridized carbons (Fsp3) is 0.458. The maximum atomic E-state index is 13.8. The van der Waals surface area contributed by atoms with Crippen LogP contribution < -0.4 is 15.2 Å². The lowest BCUT2D eigenvalue weighted by Gasteiger charge is -2.36. The number of rotatable bonds is 9. The summed E-state index contributed by atoms with van der Waals surface area (Å²) in [5.74, 6) is -0.485. The van der Waals surface area contributed by atoms with Gasteiger partial charge in [-0.1, -0.05) is 23.8 Å². The van der Waals surface area contributed by atoms with Gasteiger partial charge in [0, 0.05) is 38.8 Å². The van der Waals surface area contributed by atoms with Gasteiger partial charge in [0.1, 0.15) is 17.1 Å². The molecular weight excluding hydrogens is 502 g/mol. The molecule has 0 bridgehead atoms. The number of benzene rings is 2. The molecule has 3 aromatic rings. The summed E-state index contributed by atoms with van der Waals surface area (Å²) < 4.78 is 57.8. The summed E-state index contributed by atoms with van der Waals surface area (Å²) in [6.45, 7) is 2.51. The third-order valence-corrected chi connectivity index (χ3v) is 6.00. The van der Waals surface area contributed by atoms with E-state index in [0.717, 1.165) is 31.9 Å². The van der Waals surface area contributed by atoms with Crippen LogP contribution in [0.25, 0.3) is 10.9 Å². The zero-order chi connectivity index (χ0) is 24.8. The van der Waals surface area contributed by atoms with Crippen molar-refractivity contribution in [3.05, 3.63) is 58.6 Å². The number of fused-ring (bicyclic) bond motifs is 1. The molecule has 36 heavy (non-hydrogen) atoms. The highest BCUT2D eigenvalue weighted by Gasteiger charge is 2.29. The van der Waals surface area contributed by atoms with Gasteiger partial charge in [0.05, 0.1) is 11.1 Å². The summed E-state index contributed by atoms with van der Waals surface area (Å²) in [6.07, 6.45) is -1.80. The Kier molecular flexibility index (Phi) is 9.49. The summed E-state index contributed by atoms with van der Waals surface area (Å²) in [4.78, 5) is 16.6. The first-order chi connectivity index (χ1) is 16.8. The van der Waals surface area contributed by atoms with Gasteiger partial charge in [0.25, 0.3) is 5.56 Å². The van der Waals surface area contributed by atoms with E-state index in [1.165, 1.54) is 16.8 Å². The number of nitrogens with zero attached hydrogens (tertiary/aromatic N) is 5. The van der Waals surface area contributed by atoms with Crippen molar-refractivity contribution in [3.8, 4) is 5.75 Å². The van der Waals surface area contributed by atoms with E-state index in [0.29, 0.717) is 49.3 Å². The number of hydrogen-bond acceptors (Lipinski definition) is 6. The van der Waals surface area contributed by atoms with Crippen LogP contribution in [-0.4, -0.2) is 65.4 Å². The van der Waals surface area contributed by atoms with E-state index in [1.807, 2.05) is 11.0 Å². The van der Waals surface area contributed by atoms with Crippen LogP contribution in [0.4, 0.5) is 23.2 Å². The van der Waals surface area contributed by atoms with Crippen molar-refractivity contribution >= 4 is 29.0 Å². The number of aryl methyl sites for hydroxylation is 1. The van der Waals surface area contributed by atoms with Crippen LogP contribution in [0.1, 0.15) is 19.3 Å². The van der Waals surface area contributed by atoms with E-state index in [4.69, 9.17) is 4.74 Å². The fourth-order valence-electron chi connectivity index (χ4n) is 4.18. The third kappa shape index (κ3) is 7.30. The Morgan fingerprint density at radius 1 is 0.944 bits per heavy atom. The molecule has 12 heteroatoms. The number of ether oxygens (including phenoxy) is 1. The minimum absolute atomic E-state index is 0. The highest BCUT2D eigenvalue weighted by molar-refractivity contribution is 5.85. The molecule has 0 amide bonds. The van der Waals surface area contributed by atoms with Gasteiger partial charge in [-0.25, -0.2) is 9.07 Å². The molecule has 0 spiro atoms. The van der Waals surface area contributed by atoms with E-state index in [1.54, 1.807) is 18.2 Å². The minimum Gasteiger partial charge on any atom is -0.482 e. The topological polar surface area (TPSA) is 63.5 Å². The number of hydrogen-bond donors (Lipinski definition) is 0. The first kappa shape index (κ1) is 27.7. The van der Waals surface area contributed by atoms with Crippen molar-refractivity contribution in [2.24, 2.45) is 0 Å². The van der Waals surface area contributed by atoms with Gasteiger partial charge < -0.3 is 9.64 Å².